The van der Waals surface area contributed by atoms with E-state index >= 15 is 0 Å². The van der Waals surface area contributed by atoms with Crippen molar-refractivity contribution in [1.82, 2.24) is 0 Å². The molecule has 2 aromatic carbocycles. The van der Waals surface area contributed by atoms with E-state index in [1.807, 2.05) is 0 Å². The van der Waals surface area contributed by atoms with Crippen molar-refractivity contribution < 1.29 is 18.7 Å². The average molecular weight is 258 g/mol. The van der Waals surface area contributed by atoms with Crippen LogP contribution < -0.4 is 4.74 Å². The summed E-state index contributed by atoms with van der Waals surface area (Å²) in [6.07, 6.45) is 0.717. The number of rotatable bonds is 5. The summed E-state index contributed by atoms with van der Waals surface area (Å²) in [6, 6.07) is 12.1. The Labute approximate surface area is 109 Å². The predicted octanol–water partition coefficient (Wildman–Crippen LogP) is 2.90. The molecule has 0 amide bonds. The van der Waals surface area contributed by atoms with Gasteiger partial charge in [-0.2, -0.15) is 0 Å². The molecule has 0 saturated heterocycles. The summed E-state index contributed by atoms with van der Waals surface area (Å²) in [7, 11) is 0. The van der Waals surface area contributed by atoms with Gasteiger partial charge in [0.15, 0.2) is 6.61 Å². The van der Waals surface area contributed by atoms with Gasteiger partial charge in [-0.1, -0.05) is 12.1 Å². The Bertz CT molecular complexity index is 591. The molecule has 2 rings (SSSR count). The number of carbonyl (C=O) groups excluding carboxylic acids is 2. The lowest BCUT2D eigenvalue weighted by atomic mass is 10.1. The lowest BCUT2D eigenvalue weighted by Gasteiger charge is -2.06. The highest BCUT2D eigenvalue weighted by Crippen LogP contribution is 2.13. The van der Waals surface area contributed by atoms with Gasteiger partial charge in [-0.3, -0.25) is 9.59 Å². The number of benzene rings is 2. The van der Waals surface area contributed by atoms with Gasteiger partial charge in [0, 0.05) is 5.56 Å². The third-order valence-electron chi connectivity index (χ3n) is 2.56. The highest BCUT2D eigenvalue weighted by atomic mass is 19.1. The maximum Gasteiger partial charge on any atom is 0.203 e. The summed E-state index contributed by atoms with van der Waals surface area (Å²) in [5.74, 6) is -0.541. The fourth-order valence-electron chi connectivity index (χ4n) is 1.56. The van der Waals surface area contributed by atoms with E-state index in [2.05, 4.69) is 0 Å². The number of halogens is 1. The van der Waals surface area contributed by atoms with E-state index in [4.69, 9.17) is 4.74 Å². The van der Waals surface area contributed by atoms with E-state index in [1.54, 1.807) is 30.3 Å². The van der Waals surface area contributed by atoms with Crippen molar-refractivity contribution in [3.8, 4) is 5.75 Å². The van der Waals surface area contributed by atoms with Crippen LogP contribution in [0.5, 0.6) is 5.75 Å². The molecule has 0 aliphatic heterocycles. The zero-order chi connectivity index (χ0) is 13.7. The zero-order valence-corrected chi connectivity index (χ0v) is 10.0. The van der Waals surface area contributed by atoms with Crippen LogP contribution in [-0.4, -0.2) is 18.7 Å². The van der Waals surface area contributed by atoms with Gasteiger partial charge in [0.05, 0.1) is 5.56 Å². The van der Waals surface area contributed by atoms with E-state index in [-0.39, 0.29) is 12.2 Å². The number of Topliss-reactive ketones (excluding diaryl/α,β-unsaturated/α-hetero) is 1. The summed E-state index contributed by atoms with van der Waals surface area (Å²) in [6.45, 7) is -0.249. The summed E-state index contributed by atoms with van der Waals surface area (Å²) in [5.41, 5.74) is 0.528. The largest absolute Gasteiger partial charge is 0.485 e. The Kier molecular flexibility index (Phi) is 4.03. The van der Waals surface area contributed by atoms with Gasteiger partial charge in [0.1, 0.15) is 17.9 Å². The molecule has 0 bridgehead atoms. The molecule has 0 radical (unpaired) electrons. The van der Waals surface area contributed by atoms with Crippen LogP contribution in [-0.2, 0) is 0 Å². The Balaban J connectivity index is 2.00. The summed E-state index contributed by atoms with van der Waals surface area (Å²) < 4.78 is 18.6. The van der Waals surface area contributed by atoms with E-state index in [0.717, 1.165) is 0 Å². The first-order valence-corrected chi connectivity index (χ1v) is 5.66. The maximum absolute atomic E-state index is 13.3. The summed E-state index contributed by atoms with van der Waals surface area (Å²) >= 11 is 0. The Morgan fingerprint density at radius 3 is 2.42 bits per heavy atom. The molecule has 0 aromatic heterocycles. The SMILES string of the molecule is O=Cc1ccc(OCC(=O)c2ccccc2F)cc1. The van der Waals surface area contributed by atoms with Crippen molar-refractivity contribution in [2.24, 2.45) is 0 Å². The van der Waals surface area contributed by atoms with Crippen LogP contribution in [0.1, 0.15) is 20.7 Å². The molecule has 0 spiro atoms. The van der Waals surface area contributed by atoms with Gasteiger partial charge in [-0.05, 0) is 36.4 Å². The normalized spacial score (nSPS) is 9.95. The molecule has 0 heterocycles. The fraction of sp³-hybridized carbons (Fsp3) is 0.0667. The van der Waals surface area contributed by atoms with Crippen LogP contribution in [0.4, 0.5) is 4.39 Å². The third kappa shape index (κ3) is 3.25. The molecule has 96 valence electrons. The summed E-state index contributed by atoms with van der Waals surface area (Å²) in [4.78, 5) is 22.2. The lowest BCUT2D eigenvalue weighted by molar-refractivity contribution is 0.0917. The van der Waals surface area contributed by atoms with E-state index in [1.165, 1.54) is 18.2 Å². The number of carbonyl (C=O) groups is 2. The number of hydrogen-bond donors (Lipinski definition) is 0. The van der Waals surface area contributed by atoms with Crippen LogP contribution in [0, 0.1) is 5.82 Å². The van der Waals surface area contributed by atoms with Crippen molar-refractivity contribution in [2.45, 2.75) is 0 Å². The van der Waals surface area contributed by atoms with Gasteiger partial charge < -0.3 is 4.74 Å². The monoisotopic (exact) mass is 258 g/mol. The highest BCUT2D eigenvalue weighted by Gasteiger charge is 2.11. The van der Waals surface area contributed by atoms with Gasteiger partial charge in [0.2, 0.25) is 5.78 Å². The van der Waals surface area contributed by atoms with E-state index < -0.39 is 11.6 Å². The maximum atomic E-state index is 13.3. The van der Waals surface area contributed by atoms with Crippen LogP contribution in [0.15, 0.2) is 48.5 Å². The molecule has 0 fully saturated rings. The second-order valence-electron chi connectivity index (χ2n) is 3.88. The van der Waals surface area contributed by atoms with E-state index in [0.29, 0.717) is 17.6 Å². The molecule has 3 nitrogen and oxygen atoms in total. The highest BCUT2D eigenvalue weighted by molar-refractivity contribution is 5.97. The molecule has 0 atom stereocenters. The molecular formula is C15H11FO3. The fourth-order valence-corrected chi connectivity index (χ4v) is 1.56. The number of hydrogen-bond acceptors (Lipinski definition) is 3. The molecule has 0 unspecified atom stereocenters. The first kappa shape index (κ1) is 13.0. The molecule has 0 aliphatic carbocycles. The first-order chi connectivity index (χ1) is 9.20. The van der Waals surface area contributed by atoms with Crippen molar-refractivity contribution in [3.05, 3.63) is 65.5 Å². The van der Waals surface area contributed by atoms with Gasteiger partial charge in [0.25, 0.3) is 0 Å². The number of ketones is 1. The molecule has 0 N–H and O–H groups in total. The van der Waals surface area contributed by atoms with Gasteiger partial charge >= 0.3 is 0 Å². The minimum atomic E-state index is -0.563. The lowest BCUT2D eigenvalue weighted by Crippen LogP contribution is -2.13. The van der Waals surface area contributed by atoms with Crippen molar-refractivity contribution in [1.29, 1.82) is 0 Å². The Hall–Kier alpha value is -2.49. The number of aldehydes is 1. The Morgan fingerprint density at radius 2 is 1.79 bits per heavy atom. The topological polar surface area (TPSA) is 43.4 Å². The van der Waals surface area contributed by atoms with Crippen molar-refractivity contribution in [3.63, 3.8) is 0 Å². The van der Waals surface area contributed by atoms with Crippen LogP contribution in [0.25, 0.3) is 0 Å². The standard InChI is InChI=1S/C15H11FO3/c16-14-4-2-1-3-13(14)15(18)10-19-12-7-5-11(9-17)6-8-12/h1-9H,10H2. The van der Waals surface area contributed by atoms with Gasteiger partial charge in [-0.25, -0.2) is 4.39 Å². The van der Waals surface area contributed by atoms with Gasteiger partial charge in [-0.15, -0.1) is 0 Å². The second kappa shape index (κ2) is 5.91. The molecule has 0 aliphatic rings. The molecule has 4 heteroatoms. The minimum Gasteiger partial charge on any atom is -0.485 e. The molecule has 2 aromatic rings. The van der Waals surface area contributed by atoms with E-state index in [9.17, 15) is 14.0 Å². The minimum absolute atomic E-state index is 0.00649. The zero-order valence-electron chi connectivity index (χ0n) is 10.0. The second-order valence-corrected chi connectivity index (χ2v) is 3.88. The number of ether oxygens (including phenoxy) is 1. The molecular weight excluding hydrogens is 247 g/mol. The quantitative estimate of drug-likeness (QED) is 0.611. The van der Waals surface area contributed by atoms with Crippen LogP contribution in [0.3, 0.4) is 0 Å². The first-order valence-electron chi connectivity index (χ1n) is 5.66. The molecule has 19 heavy (non-hydrogen) atoms. The average Bonchev–Trinajstić information content (AvgIpc) is 2.46. The third-order valence-corrected chi connectivity index (χ3v) is 2.56. The smallest absolute Gasteiger partial charge is 0.203 e. The van der Waals surface area contributed by atoms with Crippen molar-refractivity contribution >= 4 is 12.1 Å². The summed E-state index contributed by atoms with van der Waals surface area (Å²) in [5, 5.41) is 0. The molecule has 0 saturated carbocycles. The predicted molar refractivity (Wildman–Crippen MR) is 68.1 cm³/mol. The van der Waals surface area contributed by atoms with Crippen LogP contribution in [0.2, 0.25) is 0 Å². The van der Waals surface area contributed by atoms with Crippen molar-refractivity contribution in [2.75, 3.05) is 6.61 Å². The Morgan fingerprint density at radius 1 is 1.11 bits per heavy atom. The van der Waals surface area contributed by atoms with Crippen LogP contribution >= 0.6 is 0 Å².